The lowest BCUT2D eigenvalue weighted by atomic mass is 9.89. The average Bonchev–Trinajstić information content (AvgIpc) is 2.66. The van der Waals surface area contributed by atoms with E-state index in [4.69, 9.17) is 0 Å². The Morgan fingerprint density at radius 3 is 2.34 bits per heavy atom. The number of nitrogens with one attached hydrogen (secondary N) is 1. The molecule has 1 fully saturated rings. The Balaban J connectivity index is 1.96. The van der Waals surface area contributed by atoms with Gasteiger partial charge in [-0.3, -0.25) is 4.79 Å². The Morgan fingerprint density at radius 1 is 1.14 bits per heavy atom. The number of carbonyl (C=O) groups is 1. The molecule has 0 saturated carbocycles. The summed E-state index contributed by atoms with van der Waals surface area (Å²) in [6.45, 7) is 0.554. The summed E-state index contributed by atoms with van der Waals surface area (Å²) < 4.78 is 65.1. The van der Waals surface area contributed by atoms with Crippen LogP contribution < -0.4 is 5.32 Å². The van der Waals surface area contributed by atoms with Crippen molar-refractivity contribution in [3.63, 3.8) is 0 Å². The van der Waals surface area contributed by atoms with Crippen LogP contribution in [0.2, 0.25) is 0 Å². The third-order valence-electron chi connectivity index (χ3n) is 5.40. The van der Waals surface area contributed by atoms with Crippen LogP contribution in [0.15, 0.2) is 24.3 Å². The number of carbonyl (C=O) groups excluding carboxylic acids is 1. The standard InChI is InChI=1S/C19H24F3N3O3S/c1-24-11-15(12-25(2)29(24,27)28)14-8-9-17(23-18(26)19(20,21)22)16(10-14)13-6-4-3-5-7-13/h6,8-10,15H,3-5,7,11-12H2,1-2H3,(H,23,26). The van der Waals surface area contributed by atoms with Gasteiger partial charge in [-0.05, 0) is 49.0 Å². The van der Waals surface area contributed by atoms with E-state index in [1.807, 2.05) is 11.4 Å². The smallest absolute Gasteiger partial charge is 0.318 e. The minimum atomic E-state index is -4.97. The molecular weight excluding hydrogens is 407 g/mol. The molecule has 3 rings (SSSR count). The minimum Gasteiger partial charge on any atom is -0.318 e. The lowest BCUT2D eigenvalue weighted by molar-refractivity contribution is -0.167. The summed E-state index contributed by atoms with van der Waals surface area (Å²) >= 11 is 0. The number of likely N-dealkylation sites (N-methyl/N-ethyl adjacent to an activating group) is 2. The fraction of sp³-hybridized carbons (Fsp3) is 0.526. The highest BCUT2D eigenvalue weighted by Gasteiger charge is 2.39. The largest absolute Gasteiger partial charge is 0.471 e. The summed E-state index contributed by atoms with van der Waals surface area (Å²) in [4.78, 5) is 11.5. The zero-order chi connectivity index (χ0) is 21.4. The van der Waals surface area contributed by atoms with Crippen molar-refractivity contribution in [2.24, 2.45) is 0 Å². The van der Waals surface area contributed by atoms with Crippen molar-refractivity contribution in [3.05, 3.63) is 35.4 Å². The molecule has 1 amide bonds. The minimum absolute atomic E-state index is 0.120. The number of amides is 1. The molecule has 1 aromatic carbocycles. The molecule has 0 radical (unpaired) electrons. The van der Waals surface area contributed by atoms with E-state index in [0.29, 0.717) is 5.56 Å². The van der Waals surface area contributed by atoms with E-state index in [2.05, 4.69) is 0 Å². The third kappa shape index (κ3) is 4.65. The fourth-order valence-corrected chi connectivity index (χ4v) is 4.99. The highest BCUT2D eigenvalue weighted by Crippen LogP contribution is 2.36. The van der Waals surface area contributed by atoms with Crippen molar-refractivity contribution >= 4 is 27.4 Å². The van der Waals surface area contributed by atoms with E-state index in [9.17, 15) is 26.4 Å². The number of benzene rings is 1. The zero-order valence-corrected chi connectivity index (χ0v) is 17.1. The van der Waals surface area contributed by atoms with Gasteiger partial charge in [-0.2, -0.15) is 30.2 Å². The second-order valence-corrected chi connectivity index (χ2v) is 9.64. The van der Waals surface area contributed by atoms with Crippen LogP contribution in [-0.4, -0.2) is 56.3 Å². The summed E-state index contributed by atoms with van der Waals surface area (Å²) in [7, 11) is -0.478. The predicted octanol–water partition coefficient (Wildman–Crippen LogP) is 3.35. The molecule has 160 valence electrons. The zero-order valence-electron chi connectivity index (χ0n) is 16.3. The van der Waals surface area contributed by atoms with E-state index in [-0.39, 0.29) is 24.7 Å². The van der Waals surface area contributed by atoms with E-state index in [1.54, 1.807) is 12.1 Å². The lowest BCUT2D eigenvalue weighted by Gasteiger charge is -2.36. The molecule has 29 heavy (non-hydrogen) atoms. The highest BCUT2D eigenvalue weighted by atomic mass is 32.2. The average molecular weight is 431 g/mol. The highest BCUT2D eigenvalue weighted by molar-refractivity contribution is 7.86. The maximum Gasteiger partial charge on any atom is 0.471 e. The van der Waals surface area contributed by atoms with Crippen LogP contribution in [0.1, 0.15) is 42.7 Å². The quantitative estimate of drug-likeness (QED) is 0.798. The Bertz CT molecular complexity index is 910. The van der Waals surface area contributed by atoms with Gasteiger partial charge >= 0.3 is 12.1 Å². The second kappa shape index (κ2) is 8.08. The van der Waals surface area contributed by atoms with E-state index in [0.717, 1.165) is 36.8 Å². The number of rotatable bonds is 3. The SMILES string of the molecule is CN1CC(c2ccc(NC(=O)C(F)(F)F)c(C3=CCCCC3)c2)CN(C)S1(=O)=O. The number of alkyl halides is 3. The Morgan fingerprint density at radius 2 is 1.79 bits per heavy atom. The van der Waals surface area contributed by atoms with Gasteiger partial charge in [-0.15, -0.1) is 0 Å². The van der Waals surface area contributed by atoms with Crippen LogP contribution in [0, 0.1) is 0 Å². The molecule has 10 heteroatoms. The van der Waals surface area contributed by atoms with Crippen molar-refractivity contribution < 1.29 is 26.4 Å². The maximum atomic E-state index is 12.7. The third-order valence-corrected chi connectivity index (χ3v) is 7.27. The topological polar surface area (TPSA) is 69.7 Å². The van der Waals surface area contributed by atoms with Crippen LogP contribution in [0.4, 0.5) is 18.9 Å². The fourth-order valence-electron chi connectivity index (χ4n) is 3.78. The van der Waals surface area contributed by atoms with Gasteiger partial charge < -0.3 is 5.32 Å². The normalized spacial score (nSPS) is 21.6. The van der Waals surface area contributed by atoms with Crippen LogP contribution in [0.25, 0.3) is 5.57 Å². The van der Waals surface area contributed by atoms with Crippen molar-refractivity contribution in [3.8, 4) is 0 Å². The van der Waals surface area contributed by atoms with E-state index in [1.165, 1.54) is 28.8 Å². The van der Waals surface area contributed by atoms with Crippen LogP contribution in [-0.2, 0) is 15.0 Å². The van der Waals surface area contributed by atoms with Gasteiger partial charge in [0.1, 0.15) is 0 Å². The maximum absolute atomic E-state index is 12.7. The first-order valence-corrected chi connectivity index (χ1v) is 10.8. The summed E-state index contributed by atoms with van der Waals surface area (Å²) in [6.07, 6.45) is 0.519. The van der Waals surface area contributed by atoms with Crippen LogP contribution in [0.5, 0.6) is 0 Å². The summed E-state index contributed by atoms with van der Waals surface area (Å²) in [6, 6.07) is 4.92. The molecule has 0 unspecified atom stereocenters. The van der Waals surface area contributed by atoms with Gasteiger partial charge in [0.15, 0.2) is 0 Å². The number of hydrogen-bond donors (Lipinski definition) is 1. The molecule has 2 aliphatic rings. The molecule has 1 aliphatic carbocycles. The summed E-state index contributed by atoms with van der Waals surface area (Å²) in [5, 5.41) is 1.99. The summed E-state index contributed by atoms with van der Waals surface area (Å²) in [5.41, 5.74) is 2.42. The van der Waals surface area contributed by atoms with Crippen molar-refractivity contribution in [1.29, 1.82) is 0 Å². The molecule has 0 bridgehead atoms. The monoisotopic (exact) mass is 431 g/mol. The number of anilines is 1. The van der Waals surface area contributed by atoms with Gasteiger partial charge in [-0.1, -0.05) is 12.1 Å². The first-order chi connectivity index (χ1) is 13.5. The Labute approximate surface area is 168 Å². The lowest BCUT2D eigenvalue weighted by Crippen LogP contribution is -2.49. The van der Waals surface area contributed by atoms with Gasteiger partial charge in [0.05, 0.1) is 0 Å². The molecule has 1 aromatic rings. The first kappa shape index (κ1) is 21.8. The Hall–Kier alpha value is -1.91. The predicted molar refractivity (Wildman–Crippen MR) is 104 cm³/mol. The van der Waals surface area contributed by atoms with Crippen molar-refractivity contribution in [2.45, 2.75) is 37.8 Å². The number of allylic oxidation sites excluding steroid dienone is 2. The number of hydrogen-bond acceptors (Lipinski definition) is 3. The molecule has 1 N–H and O–H groups in total. The van der Waals surface area contributed by atoms with Crippen LogP contribution in [0.3, 0.4) is 0 Å². The number of halogens is 3. The molecule has 6 nitrogen and oxygen atoms in total. The number of nitrogens with zero attached hydrogens (tertiary/aromatic N) is 2. The molecule has 0 spiro atoms. The van der Waals surface area contributed by atoms with E-state index < -0.39 is 22.3 Å². The molecule has 0 aromatic heterocycles. The Kier molecular flexibility index (Phi) is 6.07. The first-order valence-electron chi connectivity index (χ1n) is 9.39. The van der Waals surface area contributed by atoms with Gasteiger partial charge in [0.25, 0.3) is 10.2 Å². The molecule has 1 heterocycles. The second-order valence-electron chi connectivity index (χ2n) is 7.50. The van der Waals surface area contributed by atoms with Crippen molar-refractivity contribution in [1.82, 2.24) is 8.61 Å². The van der Waals surface area contributed by atoms with Gasteiger partial charge in [0.2, 0.25) is 0 Å². The summed E-state index contributed by atoms with van der Waals surface area (Å²) in [5.74, 6) is -2.14. The van der Waals surface area contributed by atoms with Gasteiger partial charge in [0, 0.05) is 44.4 Å². The molecule has 1 saturated heterocycles. The van der Waals surface area contributed by atoms with Crippen molar-refractivity contribution in [2.75, 3.05) is 32.5 Å². The van der Waals surface area contributed by atoms with Crippen LogP contribution >= 0.6 is 0 Å². The molecule has 0 atom stereocenters. The van der Waals surface area contributed by atoms with Gasteiger partial charge in [-0.25, -0.2) is 0 Å². The molecular formula is C19H24F3N3O3S. The van der Waals surface area contributed by atoms with E-state index >= 15 is 0 Å². The molecule has 1 aliphatic heterocycles.